The van der Waals surface area contributed by atoms with Crippen LogP contribution >= 0.6 is 0 Å². The number of nitrogens with one attached hydrogen (secondary N) is 2. The number of anilines is 1. The SMILES string of the molecule is CN(C)CCN(CCc1ccccc1)S(=O)(=O)NC(=O)Nc1c2c(cc3c1CCC3)CCC2. The molecule has 0 aliphatic heterocycles. The maximum absolute atomic E-state index is 13.2. The van der Waals surface area contributed by atoms with Crippen LogP contribution in [-0.2, 0) is 42.3 Å². The predicted octanol–water partition coefficient (Wildman–Crippen LogP) is 3.14. The average Bonchev–Trinajstić information content (AvgIpc) is 3.43. The van der Waals surface area contributed by atoms with Crippen LogP contribution in [0, 0.1) is 0 Å². The van der Waals surface area contributed by atoms with Crippen molar-refractivity contribution in [3.8, 4) is 0 Å². The fourth-order valence-electron chi connectivity index (χ4n) is 4.85. The van der Waals surface area contributed by atoms with E-state index in [9.17, 15) is 13.2 Å². The van der Waals surface area contributed by atoms with Crippen LogP contribution in [-0.4, -0.2) is 57.4 Å². The molecule has 33 heavy (non-hydrogen) atoms. The van der Waals surface area contributed by atoms with E-state index in [1.165, 1.54) is 26.6 Å². The van der Waals surface area contributed by atoms with Crippen molar-refractivity contribution < 1.29 is 13.2 Å². The van der Waals surface area contributed by atoms with Crippen molar-refractivity contribution in [3.63, 3.8) is 0 Å². The summed E-state index contributed by atoms with van der Waals surface area (Å²) in [6.07, 6.45) is 6.63. The summed E-state index contributed by atoms with van der Waals surface area (Å²) in [6, 6.07) is 11.4. The van der Waals surface area contributed by atoms with Gasteiger partial charge in [0.05, 0.1) is 0 Å². The van der Waals surface area contributed by atoms with Crippen molar-refractivity contribution in [2.75, 3.05) is 39.0 Å². The van der Waals surface area contributed by atoms with Crippen LogP contribution in [0.5, 0.6) is 0 Å². The topological polar surface area (TPSA) is 81.8 Å². The summed E-state index contributed by atoms with van der Waals surface area (Å²) in [7, 11) is -0.188. The average molecular weight is 471 g/mol. The van der Waals surface area contributed by atoms with Crippen molar-refractivity contribution in [2.24, 2.45) is 0 Å². The minimum Gasteiger partial charge on any atom is -0.308 e. The summed E-state index contributed by atoms with van der Waals surface area (Å²) in [5.74, 6) is 0. The molecule has 7 nitrogen and oxygen atoms in total. The number of nitrogens with zero attached hydrogens (tertiary/aromatic N) is 2. The van der Waals surface area contributed by atoms with Gasteiger partial charge in [-0.05, 0) is 86.9 Å². The molecule has 0 saturated carbocycles. The zero-order chi connectivity index (χ0) is 23.4. The Balaban J connectivity index is 1.48. The fraction of sp³-hybridized carbons (Fsp3) is 0.480. The van der Waals surface area contributed by atoms with Crippen molar-refractivity contribution >= 4 is 21.9 Å². The quantitative estimate of drug-likeness (QED) is 0.590. The largest absolute Gasteiger partial charge is 0.333 e. The number of urea groups is 1. The van der Waals surface area contributed by atoms with E-state index in [0.29, 0.717) is 26.1 Å². The maximum Gasteiger partial charge on any atom is 0.333 e. The van der Waals surface area contributed by atoms with Crippen molar-refractivity contribution in [1.29, 1.82) is 0 Å². The Morgan fingerprint density at radius 3 is 2.15 bits per heavy atom. The molecule has 2 aliphatic rings. The lowest BCUT2D eigenvalue weighted by atomic mass is 9.99. The maximum atomic E-state index is 13.2. The van der Waals surface area contributed by atoms with Gasteiger partial charge in [-0.15, -0.1) is 0 Å². The van der Waals surface area contributed by atoms with Crippen molar-refractivity contribution in [3.05, 3.63) is 64.2 Å². The first-order valence-corrected chi connectivity index (χ1v) is 13.2. The molecule has 2 amide bonds. The number of aryl methyl sites for hydroxylation is 2. The number of amides is 2. The number of carbonyl (C=O) groups is 1. The molecule has 0 heterocycles. The zero-order valence-corrected chi connectivity index (χ0v) is 20.4. The highest BCUT2D eigenvalue weighted by Crippen LogP contribution is 2.38. The van der Waals surface area contributed by atoms with E-state index >= 15 is 0 Å². The molecule has 2 aliphatic carbocycles. The number of benzene rings is 2. The van der Waals surface area contributed by atoms with Gasteiger partial charge in [-0.1, -0.05) is 36.4 Å². The number of hydrogen-bond donors (Lipinski definition) is 2. The van der Waals surface area contributed by atoms with Gasteiger partial charge in [-0.2, -0.15) is 12.7 Å². The number of likely N-dealkylation sites (N-methyl/N-ethyl adjacent to an activating group) is 1. The van der Waals surface area contributed by atoms with Crippen molar-refractivity contribution in [1.82, 2.24) is 13.9 Å². The molecule has 2 N–H and O–H groups in total. The molecule has 0 radical (unpaired) electrons. The molecular formula is C25H34N4O3S. The summed E-state index contributed by atoms with van der Waals surface area (Å²) in [5.41, 5.74) is 6.85. The monoisotopic (exact) mass is 470 g/mol. The van der Waals surface area contributed by atoms with Gasteiger partial charge in [0, 0.05) is 25.3 Å². The smallest absolute Gasteiger partial charge is 0.308 e. The molecule has 2 aromatic rings. The lowest BCUT2D eigenvalue weighted by Crippen LogP contribution is -2.47. The molecule has 0 bridgehead atoms. The third-order valence-corrected chi connectivity index (χ3v) is 8.05. The van der Waals surface area contributed by atoms with E-state index in [4.69, 9.17) is 0 Å². The second-order valence-electron chi connectivity index (χ2n) is 9.23. The Kier molecular flexibility index (Phi) is 7.36. The molecule has 8 heteroatoms. The van der Waals surface area contributed by atoms with Gasteiger partial charge in [0.15, 0.2) is 0 Å². The van der Waals surface area contributed by atoms with Gasteiger partial charge in [-0.25, -0.2) is 9.52 Å². The van der Waals surface area contributed by atoms with E-state index in [-0.39, 0.29) is 0 Å². The third kappa shape index (κ3) is 5.75. The van der Waals surface area contributed by atoms with Gasteiger partial charge in [0.2, 0.25) is 0 Å². The van der Waals surface area contributed by atoms with Crippen LogP contribution < -0.4 is 10.0 Å². The standard InChI is InChI=1S/C25H34N4O3S/c1-28(2)16-17-29(15-14-19-8-4-3-5-9-19)33(31,32)27-25(30)26-24-22-12-6-10-20(22)18-21-11-7-13-23(21)24/h3-5,8-9,18H,6-7,10-17H2,1-2H3,(H2,26,27,30). The number of fused-ring (bicyclic) bond motifs is 2. The van der Waals surface area contributed by atoms with E-state index in [1.807, 2.05) is 49.3 Å². The third-order valence-electron chi connectivity index (χ3n) is 6.56. The zero-order valence-electron chi connectivity index (χ0n) is 19.6. The second-order valence-corrected chi connectivity index (χ2v) is 10.9. The molecule has 4 rings (SSSR count). The Morgan fingerprint density at radius 1 is 0.909 bits per heavy atom. The lowest BCUT2D eigenvalue weighted by molar-refractivity contribution is 0.255. The molecule has 0 spiro atoms. The van der Waals surface area contributed by atoms with Gasteiger partial charge >= 0.3 is 16.2 Å². The van der Waals surface area contributed by atoms with E-state index < -0.39 is 16.2 Å². The molecular weight excluding hydrogens is 436 g/mol. The van der Waals surface area contributed by atoms with Crippen LogP contribution in [0.1, 0.15) is 40.7 Å². The van der Waals surface area contributed by atoms with Crippen LogP contribution in [0.25, 0.3) is 0 Å². The number of carbonyl (C=O) groups excluding carboxylic acids is 1. The first-order chi connectivity index (χ1) is 15.8. The summed E-state index contributed by atoms with van der Waals surface area (Å²) in [4.78, 5) is 14.8. The van der Waals surface area contributed by atoms with Crippen LogP contribution in [0.2, 0.25) is 0 Å². The normalized spacial score (nSPS) is 15.0. The number of rotatable bonds is 9. The summed E-state index contributed by atoms with van der Waals surface area (Å²) in [5, 5.41) is 2.93. The van der Waals surface area contributed by atoms with E-state index in [0.717, 1.165) is 49.8 Å². The first kappa shape index (κ1) is 23.7. The molecule has 0 aromatic heterocycles. The van der Waals surface area contributed by atoms with Gasteiger partial charge in [0.1, 0.15) is 0 Å². The van der Waals surface area contributed by atoms with Crippen LogP contribution in [0.4, 0.5) is 10.5 Å². The molecule has 0 fully saturated rings. The molecule has 178 valence electrons. The fourth-order valence-corrected chi connectivity index (χ4v) is 5.92. The highest BCUT2D eigenvalue weighted by molar-refractivity contribution is 7.87. The molecule has 0 saturated heterocycles. The summed E-state index contributed by atoms with van der Waals surface area (Å²) < 4.78 is 30.0. The van der Waals surface area contributed by atoms with Gasteiger partial charge in [-0.3, -0.25) is 0 Å². The summed E-state index contributed by atoms with van der Waals surface area (Å²) in [6.45, 7) is 1.17. The van der Waals surface area contributed by atoms with Crippen LogP contribution in [0.3, 0.4) is 0 Å². The molecule has 0 atom stereocenters. The highest BCUT2D eigenvalue weighted by atomic mass is 32.2. The van der Waals surface area contributed by atoms with E-state index in [2.05, 4.69) is 16.1 Å². The first-order valence-electron chi connectivity index (χ1n) is 11.8. The Hall–Kier alpha value is -2.42. The minimum absolute atomic E-state index is 0.302. The van der Waals surface area contributed by atoms with Gasteiger partial charge < -0.3 is 10.2 Å². The Morgan fingerprint density at radius 2 is 1.55 bits per heavy atom. The summed E-state index contributed by atoms with van der Waals surface area (Å²) >= 11 is 0. The Labute approximate surface area is 197 Å². The van der Waals surface area contributed by atoms with Gasteiger partial charge in [0.25, 0.3) is 0 Å². The lowest BCUT2D eigenvalue weighted by Gasteiger charge is -2.24. The Bertz CT molecular complexity index is 1070. The molecule has 0 unspecified atom stereocenters. The number of hydrogen-bond acceptors (Lipinski definition) is 4. The molecule has 2 aromatic carbocycles. The van der Waals surface area contributed by atoms with Crippen molar-refractivity contribution in [2.45, 2.75) is 44.9 Å². The minimum atomic E-state index is -3.99. The predicted molar refractivity (Wildman–Crippen MR) is 132 cm³/mol. The van der Waals surface area contributed by atoms with E-state index in [1.54, 1.807) is 0 Å². The second kappa shape index (κ2) is 10.2. The van der Waals surface area contributed by atoms with Crippen LogP contribution in [0.15, 0.2) is 36.4 Å². The highest BCUT2D eigenvalue weighted by Gasteiger charge is 2.28.